The number of aliphatic hydroxyl groups excluding tert-OH is 1. The van der Waals surface area contributed by atoms with E-state index in [1.165, 1.54) is 0 Å². The molecular weight excluding hydrogens is 594 g/mol. The molecule has 0 aliphatic carbocycles. The third-order valence-electron chi connectivity index (χ3n) is 6.22. The Hall–Kier alpha value is -4.12. The summed E-state index contributed by atoms with van der Waals surface area (Å²) in [6.45, 7) is 1.26. The van der Waals surface area contributed by atoms with Gasteiger partial charge in [-0.05, 0) is 51.9 Å². The van der Waals surface area contributed by atoms with Crippen LogP contribution in [0.2, 0.25) is 0 Å². The highest BCUT2D eigenvalue weighted by Crippen LogP contribution is 2.05. The molecule has 0 spiro atoms. The van der Waals surface area contributed by atoms with Crippen LogP contribution in [0.1, 0.15) is 70.4 Å². The average molecular weight is 642 g/mol. The van der Waals surface area contributed by atoms with Crippen molar-refractivity contribution in [2.75, 3.05) is 46.1 Å². The molecule has 0 aliphatic rings. The van der Waals surface area contributed by atoms with Crippen LogP contribution in [0.25, 0.3) is 0 Å². The molecule has 1 aromatic rings. The van der Waals surface area contributed by atoms with Crippen molar-refractivity contribution in [1.82, 2.24) is 36.3 Å². The first-order chi connectivity index (χ1) is 21.6. The summed E-state index contributed by atoms with van der Waals surface area (Å²) in [5.41, 5.74) is 0.773. The predicted molar refractivity (Wildman–Crippen MR) is 158 cm³/mol. The molecule has 0 aliphatic heterocycles. The summed E-state index contributed by atoms with van der Waals surface area (Å²) < 4.78 is 11.5. The minimum Gasteiger partial charge on any atom is -0.480 e. The zero-order valence-corrected chi connectivity index (χ0v) is 25.9. The summed E-state index contributed by atoms with van der Waals surface area (Å²) in [5, 5.41) is 35.5. The van der Waals surface area contributed by atoms with Gasteiger partial charge in [0.2, 0.25) is 23.6 Å². The first-order valence-corrected chi connectivity index (χ1v) is 15.2. The molecule has 1 aromatic heterocycles. The zero-order valence-electron chi connectivity index (χ0n) is 25.9. The standard InChI is InChI=1S/C28H47N7O10/c1-2-45-28(43)22(11-5-6-13-29-26(40)19-44-20-27(41)42)32-25(39)17-31-24(38)16-30-23(37)12-9-10-21-18-35(34-33-21)14-7-3-4-8-15-36/h18,22,36H,2-17,19-20H2,1H3,(H,29,40)(H,30,37)(H,31,38)(H,32,39)(H,41,42)/t22-/m0/s1. The van der Waals surface area contributed by atoms with Gasteiger partial charge in [-0.25, -0.2) is 9.59 Å². The van der Waals surface area contributed by atoms with Crippen molar-refractivity contribution in [2.24, 2.45) is 0 Å². The molecule has 4 amide bonds. The van der Waals surface area contributed by atoms with E-state index in [1.54, 1.807) is 11.6 Å². The van der Waals surface area contributed by atoms with Crippen molar-refractivity contribution >= 4 is 35.6 Å². The maximum atomic E-state index is 12.4. The number of nitrogens with one attached hydrogen (secondary N) is 4. The summed E-state index contributed by atoms with van der Waals surface area (Å²) in [6.07, 6.45) is 7.97. The number of aryl methyl sites for hydroxylation is 2. The monoisotopic (exact) mass is 641 g/mol. The quantitative estimate of drug-likeness (QED) is 0.0518. The Morgan fingerprint density at radius 3 is 2.33 bits per heavy atom. The van der Waals surface area contributed by atoms with Crippen LogP contribution < -0.4 is 21.3 Å². The third-order valence-corrected chi connectivity index (χ3v) is 6.22. The number of hydrogen-bond acceptors (Lipinski definition) is 11. The number of unbranched alkanes of at least 4 members (excludes halogenated alkanes) is 4. The molecule has 0 fully saturated rings. The Bertz CT molecular complexity index is 1070. The van der Waals surface area contributed by atoms with E-state index in [0.29, 0.717) is 25.7 Å². The molecule has 1 atom stereocenters. The number of aliphatic hydroxyl groups is 1. The van der Waals surface area contributed by atoms with Crippen LogP contribution in [0.15, 0.2) is 6.20 Å². The number of amides is 4. The van der Waals surface area contributed by atoms with E-state index in [0.717, 1.165) is 37.9 Å². The molecular formula is C28H47N7O10. The van der Waals surface area contributed by atoms with E-state index in [-0.39, 0.29) is 51.7 Å². The number of nitrogens with zero attached hydrogens (tertiary/aromatic N) is 3. The molecule has 254 valence electrons. The molecule has 1 rings (SSSR count). The number of carbonyl (C=O) groups excluding carboxylic acids is 5. The van der Waals surface area contributed by atoms with E-state index in [2.05, 4.69) is 36.3 Å². The van der Waals surface area contributed by atoms with Crippen LogP contribution >= 0.6 is 0 Å². The van der Waals surface area contributed by atoms with Crippen molar-refractivity contribution in [1.29, 1.82) is 0 Å². The van der Waals surface area contributed by atoms with Crippen molar-refractivity contribution in [2.45, 2.75) is 83.7 Å². The van der Waals surface area contributed by atoms with Crippen LogP contribution in [0.5, 0.6) is 0 Å². The molecule has 1 heterocycles. The maximum absolute atomic E-state index is 12.4. The van der Waals surface area contributed by atoms with Gasteiger partial charge in [-0.1, -0.05) is 18.1 Å². The van der Waals surface area contributed by atoms with E-state index >= 15 is 0 Å². The number of aromatic nitrogens is 3. The highest BCUT2D eigenvalue weighted by molar-refractivity contribution is 5.90. The summed E-state index contributed by atoms with van der Waals surface area (Å²) in [4.78, 5) is 70.8. The lowest BCUT2D eigenvalue weighted by Crippen LogP contribution is -2.47. The van der Waals surface area contributed by atoms with Gasteiger partial charge in [0, 0.05) is 32.3 Å². The molecule has 0 aromatic carbocycles. The van der Waals surface area contributed by atoms with Gasteiger partial charge in [0.05, 0.1) is 25.4 Å². The van der Waals surface area contributed by atoms with Gasteiger partial charge in [-0.2, -0.15) is 0 Å². The van der Waals surface area contributed by atoms with Crippen LogP contribution in [-0.2, 0) is 51.2 Å². The Morgan fingerprint density at radius 1 is 0.867 bits per heavy atom. The summed E-state index contributed by atoms with van der Waals surface area (Å²) >= 11 is 0. The van der Waals surface area contributed by atoms with E-state index < -0.39 is 48.9 Å². The van der Waals surface area contributed by atoms with Crippen molar-refractivity contribution in [3.8, 4) is 0 Å². The lowest BCUT2D eigenvalue weighted by Gasteiger charge is -2.17. The Labute approximate surface area is 262 Å². The molecule has 17 heteroatoms. The fourth-order valence-electron chi connectivity index (χ4n) is 3.96. The summed E-state index contributed by atoms with van der Waals surface area (Å²) in [7, 11) is 0. The van der Waals surface area contributed by atoms with Crippen LogP contribution in [-0.4, -0.2) is 113 Å². The van der Waals surface area contributed by atoms with Crippen molar-refractivity contribution in [3.05, 3.63) is 11.9 Å². The highest BCUT2D eigenvalue weighted by atomic mass is 16.5. The number of ether oxygens (including phenoxy) is 2. The Balaban J connectivity index is 2.25. The lowest BCUT2D eigenvalue weighted by atomic mass is 10.1. The number of esters is 1. The minimum atomic E-state index is -1.18. The molecule has 0 saturated heterocycles. The first kappa shape index (κ1) is 38.9. The fourth-order valence-corrected chi connectivity index (χ4v) is 3.96. The fraction of sp³-hybridized carbons (Fsp3) is 0.714. The van der Waals surface area contributed by atoms with Crippen LogP contribution in [0.3, 0.4) is 0 Å². The number of aliphatic carboxylic acids is 1. The minimum absolute atomic E-state index is 0.112. The van der Waals surface area contributed by atoms with Gasteiger partial charge in [0.15, 0.2) is 0 Å². The first-order valence-electron chi connectivity index (χ1n) is 15.2. The Kier molecular flexibility index (Phi) is 20.9. The summed E-state index contributed by atoms with van der Waals surface area (Å²) in [6, 6.07) is -0.956. The Morgan fingerprint density at radius 2 is 1.60 bits per heavy atom. The number of rotatable bonds is 26. The molecule has 17 nitrogen and oxygen atoms in total. The average Bonchev–Trinajstić information content (AvgIpc) is 3.45. The van der Waals surface area contributed by atoms with E-state index in [1.807, 2.05) is 6.20 Å². The normalized spacial score (nSPS) is 11.3. The highest BCUT2D eigenvalue weighted by Gasteiger charge is 2.22. The molecule has 0 unspecified atom stereocenters. The molecule has 0 radical (unpaired) electrons. The smallest absolute Gasteiger partial charge is 0.329 e. The van der Waals surface area contributed by atoms with Crippen LogP contribution in [0, 0.1) is 0 Å². The largest absolute Gasteiger partial charge is 0.480 e. The zero-order chi connectivity index (χ0) is 33.3. The van der Waals surface area contributed by atoms with E-state index in [4.69, 9.17) is 14.9 Å². The SMILES string of the molecule is CCOC(=O)[C@H](CCCCNC(=O)COCC(=O)O)NC(=O)CNC(=O)CNC(=O)CCCc1cn(CCCCCCO)nn1. The second-order valence-electron chi connectivity index (χ2n) is 10.1. The lowest BCUT2D eigenvalue weighted by molar-refractivity contribution is -0.147. The number of hydrogen-bond donors (Lipinski definition) is 6. The van der Waals surface area contributed by atoms with Gasteiger partial charge in [0.25, 0.3) is 0 Å². The number of carboxylic acids is 1. The van der Waals surface area contributed by atoms with Crippen LogP contribution in [0.4, 0.5) is 0 Å². The number of carbonyl (C=O) groups is 6. The van der Waals surface area contributed by atoms with Gasteiger partial charge in [0.1, 0.15) is 19.3 Å². The molecule has 0 bridgehead atoms. The predicted octanol–water partition coefficient (Wildman–Crippen LogP) is -1.18. The maximum Gasteiger partial charge on any atom is 0.329 e. The van der Waals surface area contributed by atoms with E-state index in [9.17, 15) is 28.8 Å². The molecule has 0 saturated carbocycles. The van der Waals surface area contributed by atoms with Gasteiger partial charge in [-0.15, -0.1) is 5.10 Å². The second-order valence-corrected chi connectivity index (χ2v) is 10.1. The second kappa shape index (κ2) is 24.2. The van der Waals surface area contributed by atoms with Crippen molar-refractivity contribution < 1.29 is 48.5 Å². The van der Waals surface area contributed by atoms with Gasteiger partial charge >= 0.3 is 11.9 Å². The summed E-state index contributed by atoms with van der Waals surface area (Å²) in [5.74, 6) is -3.80. The van der Waals surface area contributed by atoms with Gasteiger partial charge < -0.3 is 41.0 Å². The van der Waals surface area contributed by atoms with Crippen molar-refractivity contribution in [3.63, 3.8) is 0 Å². The third kappa shape index (κ3) is 20.5. The topological polar surface area (TPSA) is 240 Å². The molecule has 6 N–H and O–H groups in total. The molecule has 45 heavy (non-hydrogen) atoms. The van der Waals surface area contributed by atoms with Gasteiger partial charge in [-0.3, -0.25) is 23.9 Å². The number of carboxylic acid groups (broad SMARTS) is 1.